The van der Waals surface area contributed by atoms with Crippen molar-refractivity contribution in [2.45, 2.75) is 11.8 Å². The highest BCUT2D eigenvalue weighted by atomic mass is 79.9. The van der Waals surface area contributed by atoms with E-state index in [1.54, 1.807) is 31.3 Å². The molecule has 1 aromatic heterocycles. The largest absolute Gasteiger partial charge is 0.480 e. The summed E-state index contributed by atoms with van der Waals surface area (Å²) in [5.74, 6) is 1.92. The van der Waals surface area contributed by atoms with Gasteiger partial charge in [-0.05, 0) is 30.7 Å². The third-order valence-electron chi connectivity index (χ3n) is 4.25. The first-order chi connectivity index (χ1) is 12.6. The molecule has 3 rings (SSSR count). The van der Waals surface area contributed by atoms with Crippen LogP contribution in [0, 0.1) is 6.92 Å². The van der Waals surface area contributed by atoms with Gasteiger partial charge in [0.05, 0.1) is 25.3 Å². The zero-order valence-corrected chi connectivity index (χ0v) is 17.2. The quantitative estimate of drug-likeness (QED) is 0.671. The predicted molar refractivity (Wildman–Crippen MR) is 107 cm³/mol. The molecule has 0 saturated carbocycles. The number of hydrogen-bond acceptors (Lipinski definition) is 6. The van der Waals surface area contributed by atoms with Crippen molar-refractivity contribution in [3.8, 4) is 5.88 Å². The molecular weight excluding hydrogens is 416 g/mol. The van der Waals surface area contributed by atoms with E-state index in [1.807, 2.05) is 11.0 Å². The number of rotatable bonds is 5. The Morgan fingerprint density at radius 3 is 2.73 bits per heavy atom. The molecule has 1 fully saturated rings. The summed E-state index contributed by atoms with van der Waals surface area (Å²) in [6, 6.07) is 6.13. The summed E-state index contributed by atoms with van der Waals surface area (Å²) >= 11 is 5.06. The lowest BCUT2D eigenvalue weighted by Crippen LogP contribution is -2.49. The van der Waals surface area contributed by atoms with E-state index in [0.717, 1.165) is 28.3 Å². The van der Waals surface area contributed by atoms with Gasteiger partial charge >= 0.3 is 0 Å². The number of ether oxygens (including phenoxy) is 1. The lowest BCUT2D eigenvalue weighted by molar-refractivity contribution is -0.128. The SMILES string of the molecule is COc1cncc(N2CCN(C(=O)CSc3ccc(Br)cc3C)CC2)n1. The van der Waals surface area contributed by atoms with Crippen LogP contribution in [-0.4, -0.2) is 59.8 Å². The smallest absolute Gasteiger partial charge is 0.233 e. The minimum atomic E-state index is 0.175. The van der Waals surface area contributed by atoms with Gasteiger partial charge in [-0.25, -0.2) is 0 Å². The fourth-order valence-corrected chi connectivity index (χ4v) is 4.17. The Kier molecular flexibility index (Phi) is 6.37. The molecule has 0 bridgehead atoms. The second kappa shape index (κ2) is 8.73. The fourth-order valence-electron chi connectivity index (χ4n) is 2.78. The number of hydrogen-bond donors (Lipinski definition) is 0. The maximum atomic E-state index is 12.5. The standard InChI is InChI=1S/C18H21BrN4O2S/c1-13-9-14(19)3-4-15(13)26-12-18(24)23-7-5-22(6-8-23)16-10-20-11-17(21-16)25-2/h3-4,9-11H,5-8,12H2,1-2H3. The third kappa shape index (κ3) is 4.67. The summed E-state index contributed by atoms with van der Waals surface area (Å²) < 4.78 is 6.18. The van der Waals surface area contributed by atoms with E-state index < -0.39 is 0 Å². The number of halogens is 1. The average molecular weight is 437 g/mol. The van der Waals surface area contributed by atoms with E-state index in [1.165, 1.54) is 5.56 Å². The third-order valence-corrected chi connectivity index (χ3v) is 5.91. The van der Waals surface area contributed by atoms with Gasteiger partial charge < -0.3 is 14.5 Å². The van der Waals surface area contributed by atoms with E-state index in [-0.39, 0.29) is 5.91 Å². The lowest BCUT2D eigenvalue weighted by Gasteiger charge is -2.35. The van der Waals surface area contributed by atoms with Crippen LogP contribution in [0.15, 0.2) is 40.0 Å². The molecule has 1 amide bonds. The first-order valence-electron chi connectivity index (χ1n) is 8.34. The second-order valence-electron chi connectivity index (χ2n) is 5.99. The highest BCUT2D eigenvalue weighted by Gasteiger charge is 2.22. The monoisotopic (exact) mass is 436 g/mol. The minimum absolute atomic E-state index is 0.175. The zero-order chi connectivity index (χ0) is 18.5. The zero-order valence-electron chi connectivity index (χ0n) is 14.8. The molecule has 0 spiro atoms. The first-order valence-corrected chi connectivity index (χ1v) is 10.1. The summed E-state index contributed by atoms with van der Waals surface area (Å²) in [4.78, 5) is 26.3. The Balaban J connectivity index is 1.51. The molecule has 2 heterocycles. The van der Waals surface area contributed by atoms with Crippen LogP contribution in [0.5, 0.6) is 5.88 Å². The van der Waals surface area contributed by atoms with Gasteiger partial charge in [0.15, 0.2) is 5.82 Å². The van der Waals surface area contributed by atoms with Crippen molar-refractivity contribution in [2.75, 3.05) is 43.9 Å². The number of methoxy groups -OCH3 is 1. The number of anilines is 1. The van der Waals surface area contributed by atoms with Gasteiger partial charge in [0.1, 0.15) is 0 Å². The molecule has 1 aromatic carbocycles. The molecule has 8 heteroatoms. The summed E-state index contributed by atoms with van der Waals surface area (Å²) in [6.07, 6.45) is 3.32. The highest BCUT2D eigenvalue weighted by Crippen LogP contribution is 2.26. The maximum absolute atomic E-state index is 12.5. The highest BCUT2D eigenvalue weighted by molar-refractivity contribution is 9.10. The van der Waals surface area contributed by atoms with Crippen LogP contribution in [0.3, 0.4) is 0 Å². The number of thioether (sulfide) groups is 1. The molecule has 0 unspecified atom stereocenters. The van der Waals surface area contributed by atoms with Crippen LogP contribution in [0.25, 0.3) is 0 Å². The first kappa shape index (κ1) is 19.0. The number of aryl methyl sites for hydroxylation is 1. The Morgan fingerprint density at radius 1 is 1.27 bits per heavy atom. The summed E-state index contributed by atoms with van der Waals surface area (Å²) in [7, 11) is 1.58. The van der Waals surface area contributed by atoms with Gasteiger partial charge in [-0.1, -0.05) is 15.9 Å². The Labute approximate surface area is 166 Å². The van der Waals surface area contributed by atoms with Gasteiger partial charge in [-0.15, -0.1) is 11.8 Å². The summed E-state index contributed by atoms with van der Waals surface area (Å²) in [5, 5.41) is 0. The van der Waals surface area contributed by atoms with Crippen molar-refractivity contribution in [1.29, 1.82) is 0 Å². The van der Waals surface area contributed by atoms with Gasteiger partial charge in [-0.3, -0.25) is 9.78 Å². The number of carbonyl (C=O) groups is 1. The number of aromatic nitrogens is 2. The predicted octanol–water partition coefficient (Wildman–Crippen LogP) is 3.00. The minimum Gasteiger partial charge on any atom is -0.480 e. The molecule has 26 heavy (non-hydrogen) atoms. The van der Waals surface area contributed by atoms with Crippen LogP contribution < -0.4 is 9.64 Å². The van der Waals surface area contributed by atoms with Crippen molar-refractivity contribution in [1.82, 2.24) is 14.9 Å². The molecule has 0 N–H and O–H groups in total. The number of amides is 1. The van der Waals surface area contributed by atoms with Crippen molar-refractivity contribution >= 4 is 39.4 Å². The fraction of sp³-hybridized carbons (Fsp3) is 0.389. The maximum Gasteiger partial charge on any atom is 0.233 e. The molecule has 0 atom stereocenters. The molecule has 1 aliphatic rings. The average Bonchev–Trinajstić information content (AvgIpc) is 2.67. The van der Waals surface area contributed by atoms with Crippen LogP contribution in [0.4, 0.5) is 5.82 Å². The van der Waals surface area contributed by atoms with Gasteiger partial charge in [0.25, 0.3) is 0 Å². The number of piperazine rings is 1. The van der Waals surface area contributed by atoms with Crippen molar-refractivity contribution in [3.05, 3.63) is 40.6 Å². The number of carbonyl (C=O) groups excluding carboxylic acids is 1. The molecule has 0 radical (unpaired) electrons. The van der Waals surface area contributed by atoms with E-state index in [0.29, 0.717) is 24.7 Å². The van der Waals surface area contributed by atoms with Crippen molar-refractivity contribution in [2.24, 2.45) is 0 Å². The molecule has 138 valence electrons. The molecule has 1 saturated heterocycles. The summed E-state index contributed by atoms with van der Waals surface area (Å²) in [6.45, 7) is 4.94. The molecule has 0 aliphatic carbocycles. The Bertz CT molecular complexity index is 782. The van der Waals surface area contributed by atoms with Crippen LogP contribution >= 0.6 is 27.7 Å². The van der Waals surface area contributed by atoms with E-state index in [9.17, 15) is 4.79 Å². The Hall–Kier alpha value is -1.80. The van der Waals surface area contributed by atoms with Gasteiger partial charge in [0, 0.05) is 35.5 Å². The molecule has 2 aromatic rings. The topological polar surface area (TPSA) is 58.6 Å². The molecule has 1 aliphatic heterocycles. The normalized spacial score (nSPS) is 14.4. The van der Waals surface area contributed by atoms with Crippen molar-refractivity contribution < 1.29 is 9.53 Å². The second-order valence-corrected chi connectivity index (χ2v) is 7.92. The van der Waals surface area contributed by atoms with E-state index in [2.05, 4.69) is 49.9 Å². The van der Waals surface area contributed by atoms with Gasteiger partial charge in [-0.2, -0.15) is 4.98 Å². The molecular formula is C18H21BrN4O2S. The van der Waals surface area contributed by atoms with E-state index >= 15 is 0 Å². The Morgan fingerprint density at radius 2 is 2.04 bits per heavy atom. The van der Waals surface area contributed by atoms with Crippen molar-refractivity contribution in [3.63, 3.8) is 0 Å². The lowest BCUT2D eigenvalue weighted by atomic mass is 10.2. The van der Waals surface area contributed by atoms with E-state index in [4.69, 9.17) is 4.74 Å². The number of nitrogens with zero attached hydrogens (tertiary/aromatic N) is 4. The van der Waals surface area contributed by atoms with Crippen LogP contribution in [0.1, 0.15) is 5.56 Å². The van der Waals surface area contributed by atoms with Gasteiger partial charge in [0.2, 0.25) is 11.8 Å². The van der Waals surface area contributed by atoms with Crippen LogP contribution in [0.2, 0.25) is 0 Å². The number of benzene rings is 1. The molecule has 6 nitrogen and oxygen atoms in total. The van der Waals surface area contributed by atoms with Crippen LogP contribution in [-0.2, 0) is 4.79 Å². The summed E-state index contributed by atoms with van der Waals surface area (Å²) in [5.41, 5.74) is 1.18.